The number of amides is 1. The van der Waals surface area contributed by atoms with E-state index in [0.717, 1.165) is 0 Å². The lowest BCUT2D eigenvalue weighted by Crippen LogP contribution is -2.18. The fraction of sp³-hybridized carbons (Fsp3) is 0.421. The molecule has 1 aromatic heterocycles. The Morgan fingerprint density at radius 1 is 1.14 bits per heavy atom. The minimum absolute atomic E-state index is 0.0251. The van der Waals surface area contributed by atoms with Gasteiger partial charge >= 0.3 is 0 Å². The summed E-state index contributed by atoms with van der Waals surface area (Å²) in [6.07, 6.45) is 7.64. The number of nitrogens with zero attached hydrogens (tertiary/aromatic N) is 2. The zero-order valence-corrected chi connectivity index (χ0v) is 17.4. The SMILES string of the molecule is Cc1ccnc(NS(=O)(=O)c2ccc(NC(=O)CSC3CCCCC3)cc2)n1. The van der Waals surface area contributed by atoms with E-state index in [9.17, 15) is 13.2 Å². The molecule has 0 saturated heterocycles. The van der Waals surface area contributed by atoms with E-state index in [4.69, 9.17) is 0 Å². The molecule has 2 N–H and O–H groups in total. The Morgan fingerprint density at radius 3 is 2.54 bits per heavy atom. The van der Waals surface area contributed by atoms with Gasteiger partial charge in [0.15, 0.2) is 0 Å². The molecule has 1 heterocycles. The monoisotopic (exact) mass is 420 g/mol. The van der Waals surface area contributed by atoms with Crippen molar-refractivity contribution in [2.24, 2.45) is 0 Å². The number of hydrogen-bond acceptors (Lipinski definition) is 6. The summed E-state index contributed by atoms with van der Waals surface area (Å²) >= 11 is 1.70. The Hall–Kier alpha value is -2.13. The molecule has 3 rings (SSSR count). The van der Waals surface area contributed by atoms with Crippen LogP contribution in [0.4, 0.5) is 11.6 Å². The van der Waals surface area contributed by atoms with Gasteiger partial charge in [0.25, 0.3) is 10.0 Å². The van der Waals surface area contributed by atoms with Gasteiger partial charge in [-0.05, 0) is 50.1 Å². The zero-order chi connectivity index (χ0) is 20.0. The second-order valence-corrected chi connectivity index (χ2v) is 9.74. The van der Waals surface area contributed by atoms with Crippen molar-refractivity contribution < 1.29 is 13.2 Å². The number of benzene rings is 1. The summed E-state index contributed by atoms with van der Waals surface area (Å²) in [6, 6.07) is 7.73. The molecule has 0 spiro atoms. The quantitative estimate of drug-likeness (QED) is 0.710. The first kappa shape index (κ1) is 20.6. The van der Waals surface area contributed by atoms with Crippen LogP contribution in [-0.4, -0.2) is 35.3 Å². The van der Waals surface area contributed by atoms with Gasteiger partial charge in [-0.15, -0.1) is 11.8 Å². The van der Waals surface area contributed by atoms with Gasteiger partial charge in [0.05, 0.1) is 10.6 Å². The Balaban J connectivity index is 1.55. The smallest absolute Gasteiger partial charge is 0.264 e. The molecule has 150 valence electrons. The largest absolute Gasteiger partial charge is 0.325 e. The number of aromatic nitrogens is 2. The van der Waals surface area contributed by atoms with Crippen molar-refractivity contribution in [3.05, 3.63) is 42.2 Å². The second kappa shape index (κ2) is 9.38. The molecule has 0 atom stereocenters. The lowest BCUT2D eigenvalue weighted by atomic mass is 10.0. The molecule has 0 aliphatic heterocycles. The lowest BCUT2D eigenvalue weighted by molar-refractivity contribution is -0.113. The highest BCUT2D eigenvalue weighted by molar-refractivity contribution is 8.00. The molecule has 0 bridgehead atoms. The van der Waals surface area contributed by atoms with Gasteiger partial charge < -0.3 is 5.32 Å². The second-order valence-electron chi connectivity index (χ2n) is 6.77. The molecule has 1 aliphatic rings. The summed E-state index contributed by atoms with van der Waals surface area (Å²) in [5, 5.41) is 3.39. The molecule has 28 heavy (non-hydrogen) atoms. The topological polar surface area (TPSA) is 101 Å². The number of thioether (sulfide) groups is 1. The Kier molecular flexibility index (Phi) is 6.90. The first-order valence-electron chi connectivity index (χ1n) is 9.26. The fourth-order valence-corrected chi connectivity index (χ4v) is 5.09. The van der Waals surface area contributed by atoms with E-state index >= 15 is 0 Å². The van der Waals surface area contributed by atoms with Gasteiger partial charge in [-0.1, -0.05) is 19.3 Å². The molecule has 1 fully saturated rings. The van der Waals surface area contributed by atoms with Crippen molar-refractivity contribution in [2.45, 2.75) is 49.2 Å². The minimum Gasteiger partial charge on any atom is -0.325 e. The fourth-order valence-electron chi connectivity index (χ4n) is 3.02. The number of aryl methyl sites for hydroxylation is 1. The van der Waals surface area contributed by atoms with Crippen LogP contribution in [0.25, 0.3) is 0 Å². The summed E-state index contributed by atoms with van der Waals surface area (Å²) in [5.41, 5.74) is 1.23. The predicted octanol–water partition coefficient (Wildman–Crippen LogP) is 3.59. The van der Waals surface area contributed by atoms with Crippen molar-refractivity contribution in [2.75, 3.05) is 15.8 Å². The van der Waals surface area contributed by atoms with Crippen LogP contribution < -0.4 is 10.0 Å². The van der Waals surface area contributed by atoms with Crippen LogP contribution in [0.2, 0.25) is 0 Å². The van der Waals surface area contributed by atoms with Gasteiger partial charge in [0, 0.05) is 22.8 Å². The van der Waals surface area contributed by atoms with E-state index in [1.54, 1.807) is 36.9 Å². The molecular weight excluding hydrogens is 396 g/mol. The number of sulfonamides is 1. The molecule has 0 unspecified atom stereocenters. The van der Waals surface area contributed by atoms with E-state index in [-0.39, 0.29) is 16.8 Å². The van der Waals surface area contributed by atoms with Gasteiger partial charge in [0.2, 0.25) is 11.9 Å². The van der Waals surface area contributed by atoms with Gasteiger partial charge in [0.1, 0.15) is 0 Å². The Labute approximate surface area is 169 Å². The van der Waals surface area contributed by atoms with Gasteiger partial charge in [-0.2, -0.15) is 0 Å². The highest BCUT2D eigenvalue weighted by Gasteiger charge is 2.17. The molecule has 1 aromatic carbocycles. The average molecular weight is 421 g/mol. The predicted molar refractivity (Wildman–Crippen MR) is 112 cm³/mol. The van der Waals surface area contributed by atoms with E-state index in [1.165, 1.54) is 50.4 Å². The third-order valence-corrected chi connectivity index (χ3v) is 7.19. The summed E-state index contributed by atoms with van der Waals surface area (Å²) < 4.78 is 27.2. The number of rotatable bonds is 7. The van der Waals surface area contributed by atoms with Gasteiger partial charge in [-0.3, -0.25) is 4.79 Å². The van der Waals surface area contributed by atoms with Crippen LogP contribution in [0.3, 0.4) is 0 Å². The lowest BCUT2D eigenvalue weighted by Gasteiger charge is -2.20. The molecular formula is C19H24N4O3S2. The standard InChI is InChI=1S/C19H24N4O3S2/c1-14-11-12-20-19(21-14)23-28(25,26)17-9-7-15(8-10-17)22-18(24)13-27-16-5-3-2-4-6-16/h7-12,16H,2-6,13H2,1H3,(H,22,24)(H,20,21,23). The maximum Gasteiger partial charge on any atom is 0.264 e. The summed E-state index contributed by atoms with van der Waals surface area (Å²) in [7, 11) is -3.79. The Bertz CT molecular complexity index is 911. The molecule has 1 aliphatic carbocycles. The Morgan fingerprint density at radius 2 is 1.86 bits per heavy atom. The van der Waals surface area contributed by atoms with Gasteiger partial charge in [-0.25, -0.2) is 23.1 Å². The van der Waals surface area contributed by atoms with Crippen LogP contribution in [0.5, 0.6) is 0 Å². The van der Waals surface area contributed by atoms with Crippen LogP contribution in [0.1, 0.15) is 37.8 Å². The first-order valence-corrected chi connectivity index (χ1v) is 11.8. The minimum atomic E-state index is -3.79. The molecule has 2 aromatic rings. The van der Waals surface area contributed by atoms with Crippen molar-refractivity contribution >= 4 is 39.3 Å². The maximum absolute atomic E-state index is 12.4. The number of carbonyl (C=O) groups is 1. The molecule has 1 amide bonds. The van der Waals surface area contributed by atoms with E-state index in [2.05, 4.69) is 20.0 Å². The molecule has 0 radical (unpaired) electrons. The number of nitrogens with one attached hydrogen (secondary N) is 2. The number of anilines is 2. The average Bonchev–Trinajstić information content (AvgIpc) is 2.67. The van der Waals surface area contributed by atoms with Crippen molar-refractivity contribution in [1.82, 2.24) is 9.97 Å². The normalized spacial score (nSPS) is 15.2. The summed E-state index contributed by atoms with van der Waals surface area (Å²) in [4.78, 5) is 20.2. The van der Waals surface area contributed by atoms with Crippen molar-refractivity contribution in [3.63, 3.8) is 0 Å². The number of carbonyl (C=O) groups excluding carboxylic acids is 1. The van der Waals surface area contributed by atoms with Crippen LogP contribution in [-0.2, 0) is 14.8 Å². The summed E-state index contributed by atoms with van der Waals surface area (Å²) in [6.45, 7) is 1.75. The zero-order valence-electron chi connectivity index (χ0n) is 15.7. The van der Waals surface area contributed by atoms with Crippen molar-refractivity contribution in [3.8, 4) is 0 Å². The third-order valence-electron chi connectivity index (χ3n) is 4.47. The third kappa shape index (κ3) is 5.93. The van der Waals surface area contributed by atoms with E-state index in [0.29, 0.717) is 22.4 Å². The first-order chi connectivity index (χ1) is 13.4. The van der Waals surface area contributed by atoms with E-state index < -0.39 is 10.0 Å². The molecule has 7 nitrogen and oxygen atoms in total. The molecule has 9 heteroatoms. The van der Waals surface area contributed by atoms with Crippen LogP contribution in [0.15, 0.2) is 41.4 Å². The summed E-state index contributed by atoms with van der Waals surface area (Å²) in [5.74, 6) is 0.367. The van der Waals surface area contributed by atoms with Crippen LogP contribution in [0, 0.1) is 6.92 Å². The number of hydrogen-bond donors (Lipinski definition) is 2. The molecule has 1 saturated carbocycles. The highest BCUT2D eigenvalue weighted by Crippen LogP contribution is 2.28. The maximum atomic E-state index is 12.4. The van der Waals surface area contributed by atoms with Crippen LogP contribution >= 0.6 is 11.8 Å². The van der Waals surface area contributed by atoms with E-state index in [1.807, 2.05) is 0 Å². The van der Waals surface area contributed by atoms with Crippen molar-refractivity contribution in [1.29, 1.82) is 0 Å². The highest BCUT2D eigenvalue weighted by atomic mass is 32.2.